The van der Waals surface area contributed by atoms with Crippen molar-refractivity contribution in [2.75, 3.05) is 0 Å². The lowest BCUT2D eigenvalue weighted by Crippen LogP contribution is -1.93. The first-order valence-corrected chi connectivity index (χ1v) is 3.49. The molecule has 0 bridgehead atoms. The van der Waals surface area contributed by atoms with E-state index in [-0.39, 0.29) is 10.3 Å². The van der Waals surface area contributed by atoms with Crippen molar-refractivity contribution in [2.45, 2.75) is 0 Å². The molecular weight excluding hydrogens is 187 g/mol. The van der Waals surface area contributed by atoms with Gasteiger partial charge in [0.05, 0.1) is 5.56 Å². The fourth-order valence-corrected chi connectivity index (χ4v) is 1.00. The summed E-state index contributed by atoms with van der Waals surface area (Å²) < 4.78 is 0. The number of hydrogen-bond donors (Lipinski definition) is 1. The SMILES string of the molecule is O/N=C(\Cl)c1cccnc1Cl. The standard InChI is InChI=1S/C6H4Cl2N2O/c7-5-4(6(8)10-11)2-1-3-9-5/h1-3,11H/b10-6-. The monoisotopic (exact) mass is 190 g/mol. The molecule has 1 aromatic rings. The Labute approximate surface area is 73.3 Å². The van der Waals surface area contributed by atoms with Crippen LogP contribution in [0.1, 0.15) is 5.56 Å². The second kappa shape index (κ2) is 3.55. The topological polar surface area (TPSA) is 45.5 Å². The largest absolute Gasteiger partial charge is 0.410 e. The van der Waals surface area contributed by atoms with Crippen molar-refractivity contribution in [1.29, 1.82) is 0 Å². The first-order valence-electron chi connectivity index (χ1n) is 2.74. The Morgan fingerprint density at radius 2 is 2.36 bits per heavy atom. The molecule has 0 unspecified atom stereocenters. The van der Waals surface area contributed by atoms with Crippen LogP contribution < -0.4 is 0 Å². The molecule has 0 spiro atoms. The van der Waals surface area contributed by atoms with Crippen molar-refractivity contribution in [1.82, 2.24) is 4.98 Å². The fourth-order valence-electron chi connectivity index (χ4n) is 0.594. The van der Waals surface area contributed by atoms with Gasteiger partial charge in [0.25, 0.3) is 0 Å². The lowest BCUT2D eigenvalue weighted by molar-refractivity contribution is 0.321. The maximum atomic E-state index is 8.28. The summed E-state index contributed by atoms with van der Waals surface area (Å²) >= 11 is 11.1. The number of aromatic nitrogens is 1. The third-order valence-corrected chi connectivity index (χ3v) is 1.65. The minimum Gasteiger partial charge on any atom is -0.410 e. The maximum absolute atomic E-state index is 8.28. The van der Waals surface area contributed by atoms with Gasteiger partial charge in [0.2, 0.25) is 0 Å². The van der Waals surface area contributed by atoms with Crippen LogP contribution in [-0.4, -0.2) is 15.4 Å². The van der Waals surface area contributed by atoms with E-state index in [2.05, 4.69) is 10.1 Å². The molecule has 1 heterocycles. The minimum atomic E-state index is -0.0666. The molecule has 5 heteroatoms. The minimum absolute atomic E-state index is 0.0666. The molecule has 1 aromatic heterocycles. The normalized spacial score (nSPS) is 11.6. The van der Waals surface area contributed by atoms with Gasteiger partial charge in [0.1, 0.15) is 5.15 Å². The number of halogens is 2. The Morgan fingerprint density at radius 3 is 2.91 bits per heavy atom. The first-order chi connectivity index (χ1) is 5.25. The van der Waals surface area contributed by atoms with E-state index in [1.165, 1.54) is 6.20 Å². The lowest BCUT2D eigenvalue weighted by Gasteiger charge is -1.96. The van der Waals surface area contributed by atoms with Crippen molar-refractivity contribution < 1.29 is 5.21 Å². The van der Waals surface area contributed by atoms with Crippen LogP contribution in [-0.2, 0) is 0 Å². The van der Waals surface area contributed by atoms with E-state index in [0.717, 1.165) is 0 Å². The molecule has 0 aliphatic rings. The molecule has 1 rings (SSSR count). The summed E-state index contributed by atoms with van der Waals surface area (Å²) in [6.45, 7) is 0. The van der Waals surface area contributed by atoms with Crippen LogP contribution in [0.5, 0.6) is 0 Å². The van der Waals surface area contributed by atoms with Crippen LogP contribution in [0.2, 0.25) is 5.15 Å². The Hall–Kier alpha value is -0.800. The molecule has 0 amide bonds. The van der Waals surface area contributed by atoms with Crippen molar-refractivity contribution in [2.24, 2.45) is 5.16 Å². The summed E-state index contributed by atoms with van der Waals surface area (Å²) in [4.78, 5) is 3.74. The molecule has 0 fully saturated rings. The highest BCUT2D eigenvalue weighted by molar-refractivity contribution is 6.70. The van der Waals surface area contributed by atoms with E-state index in [1.807, 2.05) is 0 Å². The summed E-state index contributed by atoms with van der Waals surface area (Å²) in [5.41, 5.74) is 0.415. The van der Waals surface area contributed by atoms with Crippen molar-refractivity contribution in [3.05, 3.63) is 29.0 Å². The van der Waals surface area contributed by atoms with Crippen molar-refractivity contribution >= 4 is 28.4 Å². The Balaban J connectivity index is 3.14. The summed E-state index contributed by atoms with van der Waals surface area (Å²) in [5, 5.41) is 11.2. The third-order valence-electron chi connectivity index (χ3n) is 1.07. The zero-order valence-corrected chi connectivity index (χ0v) is 6.84. The summed E-state index contributed by atoms with van der Waals surface area (Å²) in [7, 11) is 0. The summed E-state index contributed by atoms with van der Waals surface area (Å²) in [6, 6.07) is 3.26. The lowest BCUT2D eigenvalue weighted by atomic mass is 10.3. The molecular formula is C6H4Cl2N2O. The molecule has 0 aliphatic heterocycles. The fraction of sp³-hybridized carbons (Fsp3) is 0. The van der Waals surface area contributed by atoms with E-state index in [4.69, 9.17) is 28.4 Å². The van der Waals surface area contributed by atoms with Gasteiger partial charge in [-0.2, -0.15) is 0 Å². The van der Waals surface area contributed by atoms with Crippen LogP contribution in [0.15, 0.2) is 23.5 Å². The number of nitrogens with zero attached hydrogens (tertiary/aromatic N) is 2. The van der Waals surface area contributed by atoms with Gasteiger partial charge in [0, 0.05) is 6.20 Å². The molecule has 0 saturated heterocycles. The van der Waals surface area contributed by atoms with Gasteiger partial charge < -0.3 is 5.21 Å². The predicted octanol–water partition coefficient (Wildman–Crippen LogP) is 2.11. The average molecular weight is 191 g/mol. The molecule has 0 aromatic carbocycles. The zero-order chi connectivity index (χ0) is 8.27. The Morgan fingerprint density at radius 1 is 1.64 bits per heavy atom. The van der Waals surface area contributed by atoms with Gasteiger partial charge in [-0.05, 0) is 12.1 Å². The molecule has 0 saturated carbocycles. The molecule has 11 heavy (non-hydrogen) atoms. The summed E-state index contributed by atoms with van der Waals surface area (Å²) in [6.07, 6.45) is 1.52. The number of hydrogen-bond acceptors (Lipinski definition) is 3. The van der Waals surface area contributed by atoms with Gasteiger partial charge >= 0.3 is 0 Å². The van der Waals surface area contributed by atoms with Gasteiger partial charge in [-0.25, -0.2) is 4.98 Å². The highest BCUT2D eigenvalue weighted by Crippen LogP contribution is 2.14. The van der Waals surface area contributed by atoms with Crippen LogP contribution in [0.4, 0.5) is 0 Å². The maximum Gasteiger partial charge on any atom is 0.178 e. The zero-order valence-electron chi connectivity index (χ0n) is 5.33. The quantitative estimate of drug-likeness (QED) is 0.319. The average Bonchev–Trinajstić information content (AvgIpc) is 2.04. The second-order valence-corrected chi connectivity index (χ2v) is 2.45. The first kappa shape index (κ1) is 8.30. The van der Waals surface area contributed by atoms with Crippen LogP contribution in [0, 0.1) is 0 Å². The predicted molar refractivity (Wildman–Crippen MR) is 43.4 cm³/mol. The number of pyridine rings is 1. The van der Waals surface area contributed by atoms with Crippen LogP contribution in [0.25, 0.3) is 0 Å². The van der Waals surface area contributed by atoms with Gasteiger partial charge in [-0.1, -0.05) is 28.4 Å². The van der Waals surface area contributed by atoms with Crippen molar-refractivity contribution in [3.63, 3.8) is 0 Å². The smallest absolute Gasteiger partial charge is 0.178 e. The van der Waals surface area contributed by atoms with E-state index < -0.39 is 0 Å². The second-order valence-electron chi connectivity index (χ2n) is 1.73. The van der Waals surface area contributed by atoms with Gasteiger partial charge in [0.15, 0.2) is 5.17 Å². The van der Waals surface area contributed by atoms with E-state index in [0.29, 0.717) is 5.56 Å². The highest BCUT2D eigenvalue weighted by Gasteiger charge is 2.04. The third kappa shape index (κ3) is 1.82. The van der Waals surface area contributed by atoms with E-state index >= 15 is 0 Å². The molecule has 0 radical (unpaired) electrons. The van der Waals surface area contributed by atoms with Crippen LogP contribution >= 0.6 is 23.2 Å². The van der Waals surface area contributed by atoms with Gasteiger partial charge in [-0.3, -0.25) is 0 Å². The molecule has 0 atom stereocenters. The molecule has 58 valence electrons. The summed E-state index contributed by atoms with van der Waals surface area (Å²) in [5.74, 6) is 0. The molecule has 3 nitrogen and oxygen atoms in total. The van der Waals surface area contributed by atoms with E-state index in [1.54, 1.807) is 12.1 Å². The Kier molecular flexibility index (Phi) is 2.68. The van der Waals surface area contributed by atoms with Gasteiger partial charge in [-0.15, -0.1) is 0 Å². The molecule has 1 N–H and O–H groups in total. The molecule has 0 aliphatic carbocycles. The van der Waals surface area contributed by atoms with E-state index in [9.17, 15) is 0 Å². The number of oxime groups is 1. The van der Waals surface area contributed by atoms with Crippen LogP contribution in [0.3, 0.4) is 0 Å². The Bertz CT molecular complexity index is 288. The number of rotatable bonds is 1. The van der Waals surface area contributed by atoms with Crippen molar-refractivity contribution in [3.8, 4) is 0 Å². The highest BCUT2D eigenvalue weighted by atomic mass is 35.5.